The molecular formula is C18H24N2O. The van der Waals surface area contributed by atoms with Gasteiger partial charge in [-0.1, -0.05) is 57.2 Å². The Morgan fingerprint density at radius 1 is 1.05 bits per heavy atom. The van der Waals surface area contributed by atoms with Gasteiger partial charge in [0.2, 0.25) is 0 Å². The molecule has 0 aliphatic rings. The molecule has 3 heteroatoms. The predicted octanol–water partition coefficient (Wildman–Crippen LogP) is 3.17. The number of hydrogen-bond acceptors (Lipinski definition) is 3. The average Bonchev–Trinajstić information content (AvgIpc) is 2.48. The minimum absolute atomic E-state index is 0.00981. The fourth-order valence-corrected chi connectivity index (χ4v) is 2.12. The molecule has 0 radical (unpaired) electrons. The number of aliphatic hydroxyl groups is 1. The first-order valence-electron chi connectivity index (χ1n) is 7.36. The third kappa shape index (κ3) is 4.38. The standard InChI is InChI=1S/C18H24N2O/c1-18(2,3)16(21)13-20-17(14-9-5-4-6-10-14)15-11-7-8-12-19-15/h4-12,16-17,20-21H,13H2,1-3H3. The van der Waals surface area contributed by atoms with Crippen LogP contribution in [0.25, 0.3) is 0 Å². The van der Waals surface area contributed by atoms with Crippen molar-refractivity contribution >= 4 is 0 Å². The van der Waals surface area contributed by atoms with Crippen LogP contribution in [0.4, 0.5) is 0 Å². The summed E-state index contributed by atoms with van der Waals surface area (Å²) in [6, 6.07) is 16.1. The Balaban J connectivity index is 2.18. The Kier molecular flexibility index (Phi) is 5.10. The zero-order chi connectivity index (χ0) is 15.3. The number of aliphatic hydroxyl groups excluding tert-OH is 1. The van der Waals surface area contributed by atoms with Crippen molar-refractivity contribution < 1.29 is 5.11 Å². The molecule has 112 valence electrons. The highest BCUT2D eigenvalue weighted by atomic mass is 16.3. The van der Waals surface area contributed by atoms with E-state index in [9.17, 15) is 5.11 Å². The van der Waals surface area contributed by atoms with Gasteiger partial charge < -0.3 is 10.4 Å². The summed E-state index contributed by atoms with van der Waals surface area (Å²) >= 11 is 0. The van der Waals surface area contributed by atoms with E-state index < -0.39 is 6.10 Å². The summed E-state index contributed by atoms with van der Waals surface area (Å²) in [5.74, 6) is 0. The van der Waals surface area contributed by atoms with E-state index in [1.807, 2.05) is 57.2 Å². The van der Waals surface area contributed by atoms with E-state index in [-0.39, 0.29) is 11.5 Å². The quantitative estimate of drug-likeness (QED) is 0.886. The molecule has 0 bridgehead atoms. The van der Waals surface area contributed by atoms with Crippen LogP contribution in [-0.2, 0) is 0 Å². The summed E-state index contributed by atoms with van der Waals surface area (Å²) in [6.07, 6.45) is 1.39. The van der Waals surface area contributed by atoms with Gasteiger partial charge in [-0.05, 0) is 23.1 Å². The highest BCUT2D eigenvalue weighted by Crippen LogP contribution is 2.22. The van der Waals surface area contributed by atoms with Crippen LogP contribution in [0.5, 0.6) is 0 Å². The molecule has 1 aromatic heterocycles. The van der Waals surface area contributed by atoms with Crippen molar-refractivity contribution in [1.82, 2.24) is 10.3 Å². The van der Waals surface area contributed by atoms with E-state index in [0.717, 1.165) is 11.3 Å². The van der Waals surface area contributed by atoms with Crippen LogP contribution in [0.1, 0.15) is 38.1 Å². The van der Waals surface area contributed by atoms with Crippen molar-refractivity contribution in [3.63, 3.8) is 0 Å². The first-order chi connectivity index (χ1) is 9.98. The summed E-state index contributed by atoms with van der Waals surface area (Å²) in [7, 11) is 0. The van der Waals surface area contributed by atoms with E-state index in [1.54, 1.807) is 6.20 Å². The number of benzene rings is 1. The highest BCUT2D eigenvalue weighted by Gasteiger charge is 2.24. The Labute approximate surface area is 127 Å². The van der Waals surface area contributed by atoms with Crippen LogP contribution in [0, 0.1) is 5.41 Å². The largest absolute Gasteiger partial charge is 0.391 e. The normalized spacial score (nSPS) is 14.7. The van der Waals surface area contributed by atoms with Crippen molar-refractivity contribution in [2.75, 3.05) is 6.54 Å². The maximum Gasteiger partial charge on any atom is 0.0752 e. The predicted molar refractivity (Wildman–Crippen MR) is 86.0 cm³/mol. The molecule has 0 amide bonds. The molecule has 21 heavy (non-hydrogen) atoms. The van der Waals surface area contributed by atoms with E-state index in [0.29, 0.717) is 6.54 Å². The van der Waals surface area contributed by atoms with Crippen LogP contribution >= 0.6 is 0 Å². The molecule has 0 spiro atoms. The summed E-state index contributed by atoms with van der Waals surface area (Å²) < 4.78 is 0. The van der Waals surface area contributed by atoms with Crippen LogP contribution in [0.2, 0.25) is 0 Å². The van der Waals surface area contributed by atoms with Crippen LogP contribution in [0.3, 0.4) is 0 Å². The van der Waals surface area contributed by atoms with E-state index >= 15 is 0 Å². The van der Waals surface area contributed by atoms with Gasteiger partial charge in [-0.25, -0.2) is 0 Å². The van der Waals surface area contributed by atoms with Gasteiger partial charge in [-0.2, -0.15) is 0 Å². The molecule has 2 aromatic rings. The lowest BCUT2D eigenvalue weighted by atomic mass is 9.89. The SMILES string of the molecule is CC(C)(C)C(O)CNC(c1ccccc1)c1ccccn1. The molecule has 0 aliphatic carbocycles. The lowest BCUT2D eigenvalue weighted by molar-refractivity contribution is 0.0613. The van der Waals surface area contributed by atoms with Gasteiger partial charge in [-0.3, -0.25) is 4.98 Å². The number of aromatic nitrogens is 1. The molecule has 1 aromatic carbocycles. The topological polar surface area (TPSA) is 45.1 Å². The van der Waals surface area contributed by atoms with Gasteiger partial charge in [-0.15, -0.1) is 0 Å². The second kappa shape index (κ2) is 6.83. The summed E-state index contributed by atoms with van der Waals surface area (Å²) in [5, 5.41) is 13.7. The fraction of sp³-hybridized carbons (Fsp3) is 0.389. The van der Waals surface area contributed by atoms with E-state index in [4.69, 9.17) is 0 Å². The maximum absolute atomic E-state index is 10.2. The summed E-state index contributed by atoms with van der Waals surface area (Å²) in [4.78, 5) is 4.45. The molecule has 0 saturated heterocycles. The molecule has 2 N–H and O–H groups in total. The molecule has 1 heterocycles. The van der Waals surface area contributed by atoms with Crippen LogP contribution < -0.4 is 5.32 Å². The third-order valence-electron chi connectivity index (χ3n) is 3.63. The molecule has 2 atom stereocenters. The second-order valence-electron chi connectivity index (χ2n) is 6.39. The maximum atomic E-state index is 10.2. The number of pyridine rings is 1. The Hall–Kier alpha value is -1.71. The lowest BCUT2D eigenvalue weighted by Crippen LogP contribution is -2.38. The van der Waals surface area contributed by atoms with Crippen molar-refractivity contribution in [3.8, 4) is 0 Å². The van der Waals surface area contributed by atoms with Crippen molar-refractivity contribution in [2.24, 2.45) is 5.41 Å². The highest BCUT2D eigenvalue weighted by molar-refractivity contribution is 5.27. The zero-order valence-electron chi connectivity index (χ0n) is 13.0. The number of nitrogens with one attached hydrogen (secondary N) is 1. The molecule has 3 nitrogen and oxygen atoms in total. The number of nitrogens with zero attached hydrogens (tertiary/aromatic N) is 1. The number of rotatable bonds is 5. The molecule has 0 aliphatic heterocycles. The van der Waals surface area contributed by atoms with Crippen molar-refractivity contribution in [2.45, 2.75) is 32.9 Å². The monoisotopic (exact) mass is 284 g/mol. The molecule has 0 saturated carbocycles. The van der Waals surface area contributed by atoms with Gasteiger partial charge in [0.25, 0.3) is 0 Å². The van der Waals surface area contributed by atoms with Gasteiger partial charge in [0.05, 0.1) is 17.8 Å². The first-order valence-corrected chi connectivity index (χ1v) is 7.36. The van der Waals surface area contributed by atoms with Crippen molar-refractivity contribution in [1.29, 1.82) is 0 Å². The minimum atomic E-state index is -0.410. The third-order valence-corrected chi connectivity index (χ3v) is 3.63. The first kappa shape index (κ1) is 15.7. The Morgan fingerprint density at radius 3 is 2.29 bits per heavy atom. The van der Waals surface area contributed by atoms with Crippen molar-refractivity contribution in [3.05, 3.63) is 66.0 Å². The smallest absolute Gasteiger partial charge is 0.0752 e. The van der Waals surface area contributed by atoms with Crippen LogP contribution in [-0.4, -0.2) is 22.7 Å². The summed E-state index contributed by atoms with van der Waals surface area (Å²) in [6.45, 7) is 6.65. The van der Waals surface area contributed by atoms with Crippen LogP contribution in [0.15, 0.2) is 54.7 Å². The Morgan fingerprint density at radius 2 is 1.71 bits per heavy atom. The van der Waals surface area contributed by atoms with Gasteiger partial charge in [0.1, 0.15) is 0 Å². The molecule has 0 fully saturated rings. The van der Waals surface area contributed by atoms with E-state index in [2.05, 4.69) is 22.4 Å². The molecule has 2 unspecified atom stereocenters. The van der Waals surface area contributed by atoms with E-state index in [1.165, 1.54) is 0 Å². The average molecular weight is 284 g/mol. The minimum Gasteiger partial charge on any atom is -0.391 e. The Bertz CT molecular complexity index is 495. The molecule has 2 rings (SSSR count). The van der Waals surface area contributed by atoms with Gasteiger partial charge in [0.15, 0.2) is 0 Å². The molecular weight excluding hydrogens is 260 g/mol. The van der Waals surface area contributed by atoms with Gasteiger partial charge >= 0.3 is 0 Å². The summed E-state index contributed by atoms with van der Waals surface area (Å²) in [5.41, 5.74) is 1.97. The second-order valence-corrected chi connectivity index (χ2v) is 6.39. The van der Waals surface area contributed by atoms with Gasteiger partial charge in [0, 0.05) is 12.7 Å². The fourth-order valence-electron chi connectivity index (χ4n) is 2.12. The number of hydrogen-bond donors (Lipinski definition) is 2. The lowest BCUT2D eigenvalue weighted by Gasteiger charge is -2.28. The zero-order valence-corrected chi connectivity index (χ0v) is 13.0.